The number of likely N-dealkylation sites (tertiary alicyclic amines) is 1. The molecule has 0 radical (unpaired) electrons. The highest BCUT2D eigenvalue weighted by Gasteiger charge is 2.23. The first-order chi connectivity index (χ1) is 11.6. The molecule has 7 heteroatoms. The molecule has 1 aliphatic carbocycles. The number of piperidine rings is 1. The average molecular weight is 334 g/mol. The first-order valence-corrected chi connectivity index (χ1v) is 9.17. The van der Waals surface area contributed by atoms with Gasteiger partial charge >= 0.3 is 6.01 Å². The highest BCUT2D eigenvalue weighted by Crippen LogP contribution is 2.25. The molecule has 24 heavy (non-hydrogen) atoms. The van der Waals surface area contributed by atoms with E-state index in [0.717, 1.165) is 25.9 Å². The number of rotatable bonds is 5. The van der Waals surface area contributed by atoms with E-state index in [-0.39, 0.29) is 5.95 Å². The Bertz CT molecular complexity index is 526. The monoisotopic (exact) mass is 334 g/mol. The lowest BCUT2D eigenvalue weighted by molar-refractivity contribution is 0.196. The van der Waals surface area contributed by atoms with Gasteiger partial charge in [0, 0.05) is 13.1 Å². The lowest BCUT2D eigenvalue weighted by Crippen LogP contribution is -2.42. The fraction of sp³-hybridized carbons (Fsp3) is 0.824. The van der Waals surface area contributed by atoms with Crippen molar-refractivity contribution < 1.29 is 4.74 Å². The van der Waals surface area contributed by atoms with E-state index in [2.05, 4.69) is 31.8 Å². The fourth-order valence-corrected chi connectivity index (χ4v) is 3.68. The number of nitrogens with zero attached hydrogens (tertiary/aromatic N) is 5. The second kappa shape index (κ2) is 7.96. The van der Waals surface area contributed by atoms with Crippen LogP contribution < -0.4 is 15.4 Å². The molecule has 0 atom stereocenters. The van der Waals surface area contributed by atoms with E-state index in [9.17, 15) is 0 Å². The fourth-order valence-electron chi connectivity index (χ4n) is 3.68. The summed E-state index contributed by atoms with van der Waals surface area (Å²) < 4.78 is 5.84. The van der Waals surface area contributed by atoms with E-state index in [0.29, 0.717) is 30.5 Å². The minimum Gasteiger partial charge on any atom is -0.463 e. The number of ether oxygens (including phenoxy) is 1. The quantitative estimate of drug-likeness (QED) is 0.881. The predicted molar refractivity (Wildman–Crippen MR) is 95.2 cm³/mol. The van der Waals surface area contributed by atoms with Crippen molar-refractivity contribution in [1.29, 1.82) is 0 Å². The molecule has 7 nitrogen and oxygen atoms in total. The minimum absolute atomic E-state index is 0.235. The molecular formula is C17H30N6O. The Morgan fingerprint density at radius 3 is 2.50 bits per heavy atom. The molecule has 2 aliphatic rings. The molecule has 1 saturated heterocycles. The number of hydrogen-bond acceptors (Lipinski definition) is 7. The van der Waals surface area contributed by atoms with E-state index in [4.69, 9.17) is 10.5 Å². The second-order valence-electron chi connectivity index (χ2n) is 7.24. The Hall–Kier alpha value is -1.63. The molecule has 2 fully saturated rings. The van der Waals surface area contributed by atoms with Gasteiger partial charge in [0.05, 0.1) is 6.61 Å². The van der Waals surface area contributed by atoms with Crippen molar-refractivity contribution in [2.45, 2.75) is 51.0 Å². The summed E-state index contributed by atoms with van der Waals surface area (Å²) in [6.45, 7) is 2.88. The zero-order valence-corrected chi connectivity index (χ0v) is 14.9. The zero-order valence-electron chi connectivity index (χ0n) is 14.9. The zero-order chi connectivity index (χ0) is 16.9. The third-order valence-electron chi connectivity index (χ3n) is 5.34. The molecule has 0 aromatic carbocycles. The first-order valence-electron chi connectivity index (χ1n) is 9.17. The molecule has 1 aromatic rings. The van der Waals surface area contributed by atoms with Gasteiger partial charge in [-0.1, -0.05) is 19.3 Å². The molecule has 0 bridgehead atoms. The van der Waals surface area contributed by atoms with E-state index in [1.54, 1.807) is 0 Å². The Morgan fingerprint density at radius 1 is 1.08 bits per heavy atom. The van der Waals surface area contributed by atoms with E-state index >= 15 is 0 Å². The van der Waals surface area contributed by atoms with Crippen LogP contribution in [0.25, 0.3) is 0 Å². The molecule has 2 N–H and O–H groups in total. The molecule has 2 heterocycles. The Balaban J connectivity index is 1.62. The summed E-state index contributed by atoms with van der Waals surface area (Å²) in [5, 5.41) is 0. The van der Waals surface area contributed by atoms with Gasteiger partial charge in [-0.25, -0.2) is 0 Å². The van der Waals surface area contributed by atoms with E-state index < -0.39 is 0 Å². The van der Waals surface area contributed by atoms with Gasteiger partial charge in [0.2, 0.25) is 11.9 Å². The van der Waals surface area contributed by atoms with Crippen LogP contribution in [0.2, 0.25) is 0 Å². The molecule has 0 spiro atoms. The van der Waals surface area contributed by atoms with Crippen molar-refractivity contribution in [3.8, 4) is 6.01 Å². The molecule has 0 amide bonds. The van der Waals surface area contributed by atoms with Crippen LogP contribution >= 0.6 is 0 Å². The van der Waals surface area contributed by atoms with Gasteiger partial charge in [-0.2, -0.15) is 15.0 Å². The summed E-state index contributed by atoms with van der Waals surface area (Å²) in [4.78, 5) is 17.4. The minimum atomic E-state index is 0.235. The van der Waals surface area contributed by atoms with Gasteiger partial charge in [0.15, 0.2) is 0 Å². The van der Waals surface area contributed by atoms with Crippen LogP contribution in [0.1, 0.15) is 44.9 Å². The van der Waals surface area contributed by atoms with Crippen LogP contribution in [0.4, 0.5) is 11.9 Å². The van der Waals surface area contributed by atoms with Crippen LogP contribution in [0.15, 0.2) is 0 Å². The highest BCUT2D eigenvalue weighted by atomic mass is 16.5. The summed E-state index contributed by atoms with van der Waals surface area (Å²) in [7, 11) is 4.20. The van der Waals surface area contributed by atoms with Gasteiger partial charge < -0.3 is 20.3 Å². The van der Waals surface area contributed by atoms with Gasteiger partial charge in [-0.15, -0.1) is 0 Å². The number of nitrogens with two attached hydrogens (primary N) is 1. The topological polar surface area (TPSA) is 80.4 Å². The van der Waals surface area contributed by atoms with E-state index in [1.165, 1.54) is 32.1 Å². The van der Waals surface area contributed by atoms with E-state index in [1.807, 2.05) is 7.05 Å². The van der Waals surface area contributed by atoms with Crippen LogP contribution in [-0.4, -0.2) is 59.7 Å². The number of aromatic nitrogens is 3. The molecular weight excluding hydrogens is 304 g/mol. The number of anilines is 2. The van der Waals surface area contributed by atoms with Gasteiger partial charge in [0.1, 0.15) is 0 Å². The first kappa shape index (κ1) is 17.2. The lowest BCUT2D eigenvalue weighted by Gasteiger charge is -2.35. The molecule has 134 valence electrons. The van der Waals surface area contributed by atoms with Crippen LogP contribution in [0.3, 0.4) is 0 Å². The van der Waals surface area contributed by atoms with Crippen molar-refractivity contribution in [2.24, 2.45) is 5.92 Å². The smallest absolute Gasteiger partial charge is 0.323 e. The van der Waals surface area contributed by atoms with Crippen molar-refractivity contribution in [3.05, 3.63) is 0 Å². The van der Waals surface area contributed by atoms with Gasteiger partial charge in [-0.05, 0) is 51.7 Å². The molecule has 1 aliphatic heterocycles. The molecule has 1 saturated carbocycles. The number of hydrogen-bond donors (Lipinski definition) is 1. The van der Waals surface area contributed by atoms with Crippen LogP contribution in [-0.2, 0) is 0 Å². The second-order valence-corrected chi connectivity index (χ2v) is 7.24. The number of nitrogen functional groups attached to an aromatic ring is 1. The predicted octanol–water partition coefficient (Wildman–Crippen LogP) is 1.94. The normalized spacial score (nSPS) is 20.9. The maximum absolute atomic E-state index is 5.88. The summed E-state index contributed by atoms with van der Waals surface area (Å²) in [6.07, 6.45) is 8.65. The highest BCUT2D eigenvalue weighted by molar-refractivity contribution is 5.36. The molecule has 1 aromatic heterocycles. The van der Waals surface area contributed by atoms with Crippen LogP contribution in [0.5, 0.6) is 6.01 Å². The lowest BCUT2D eigenvalue weighted by atomic mass is 9.90. The molecule has 3 rings (SSSR count). The van der Waals surface area contributed by atoms with Crippen LogP contribution in [0, 0.1) is 5.92 Å². The van der Waals surface area contributed by atoms with Gasteiger partial charge in [0.25, 0.3) is 0 Å². The summed E-state index contributed by atoms with van der Waals surface area (Å²) in [5.41, 5.74) is 5.88. The average Bonchev–Trinajstić information content (AvgIpc) is 2.60. The third kappa shape index (κ3) is 4.47. The van der Waals surface area contributed by atoms with Gasteiger partial charge in [-0.3, -0.25) is 0 Å². The molecule has 0 unspecified atom stereocenters. The summed E-state index contributed by atoms with van der Waals surface area (Å²) in [5.74, 6) is 1.47. The standard InChI is InChI=1S/C17H30N6O/c1-22-10-8-14(9-11-22)23(2)16-19-15(18)20-17(21-16)24-12-13-6-4-3-5-7-13/h13-14H,3-12H2,1-2H3,(H2,18,19,20,21). The third-order valence-corrected chi connectivity index (χ3v) is 5.34. The summed E-state index contributed by atoms with van der Waals surface area (Å²) in [6, 6.07) is 0.803. The largest absolute Gasteiger partial charge is 0.463 e. The van der Waals surface area contributed by atoms with Crippen molar-refractivity contribution in [2.75, 3.05) is 44.4 Å². The Morgan fingerprint density at radius 2 is 1.79 bits per heavy atom. The SMILES string of the molecule is CN1CCC(N(C)c2nc(N)nc(OCC3CCCCC3)n2)CC1. The van der Waals surface area contributed by atoms with Crippen molar-refractivity contribution >= 4 is 11.9 Å². The Labute approximate surface area is 144 Å². The maximum atomic E-state index is 5.88. The maximum Gasteiger partial charge on any atom is 0.323 e. The Kier molecular flexibility index (Phi) is 5.71. The summed E-state index contributed by atoms with van der Waals surface area (Å²) >= 11 is 0. The van der Waals surface area contributed by atoms with Crippen molar-refractivity contribution in [3.63, 3.8) is 0 Å². The van der Waals surface area contributed by atoms with Crippen molar-refractivity contribution in [1.82, 2.24) is 19.9 Å².